The molecule has 10 nitrogen and oxygen atoms in total. The van der Waals surface area contributed by atoms with Crippen molar-refractivity contribution in [2.24, 2.45) is 0 Å². The van der Waals surface area contributed by atoms with E-state index in [2.05, 4.69) is 49.5 Å². The van der Waals surface area contributed by atoms with E-state index in [0.717, 1.165) is 5.56 Å². The smallest absolute Gasteiger partial charge is 0.410 e. The van der Waals surface area contributed by atoms with E-state index in [9.17, 15) is 14.0 Å². The number of nitrogens with one attached hydrogen (secondary N) is 1. The lowest BCUT2D eigenvalue weighted by Crippen LogP contribution is -2.49. The van der Waals surface area contributed by atoms with Gasteiger partial charge in [0.05, 0.1) is 12.6 Å². The number of halogens is 1. The third-order valence-electron chi connectivity index (χ3n) is 7.73. The Kier molecular flexibility index (Phi) is 8.98. The minimum absolute atomic E-state index is 0.0767. The Bertz CT molecular complexity index is 1420. The van der Waals surface area contributed by atoms with E-state index in [0.29, 0.717) is 23.0 Å². The first-order valence-electron chi connectivity index (χ1n) is 14.1. The van der Waals surface area contributed by atoms with Gasteiger partial charge in [-0.3, -0.25) is 4.90 Å². The molecule has 0 aliphatic carbocycles. The Morgan fingerprint density at radius 1 is 1.05 bits per heavy atom. The number of amides is 2. The van der Waals surface area contributed by atoms with Crippen molar-refractivity contribution >= 4 is 31.5 Å². The van der Waals surface area contributed by atoms with Crippen LogP contribution in [0.4, 0.5) is 14.0 Å². The molecule has 2 amide bonds. The number of likely N-dealkylation sites (tertiary alicyclic amines) is 1. The number of rotatable bonds is 7. The molecule has 1 aromatic heterocycles. The van der Waals surface area contributed by atoms with Crippen molar-refractivity contribution in [3.63, 3.8) is 0 Å². The monoisotopic (exact) mass is 600 g/mol. The van der Waals surface area contributed by atoms with E-state index in [1.165, 1.54) is 12.1 Å². The van der Waals surface area contributed by atoms with Crippen molar-refractivity contribution in [3.8, 4) is 0 Å². The Hall–Kier alpha value is -3.51. The van der Waals surface area contributed by atoms with Crippen LogP contribution in [0, 0.1) is 5.82 Å². The summed E-state index contributed by atoms with van der Waals surface area (Å²) in [6, 6.07) is 10.9. The molecule has 0 saturated carbocycles. The number of alkyl carbamates (subject to hydrolysis) is 1. The number of nitrogens with zero attached hydrogens (tertiary/aromatic N) is 3. The van der Waals surface area contributed by atoms with Crippen molar-refractivity contribution < 1.29 is 32.5 Å². The molecule has 1 fully saturated rings. The second-order valence-electron chi connectivity index (χ2n) is 13.3. The van der Waals surface area contributed by atoms with Gasteiger partial charge < -0.3 is 19.2 Å². The summed E-state index contributed by atoms with van der Waals surface area (Å²) < 4.78 is 37.2. The number of carbonyl (C=O) groups excluding carboxylic acids is 2. The minimum atomic E-state index is -2.36. The molecule has 1 aliphatic rings. The summed E-state index contributed by atoms with van der Waals surface area (Å²) in [5.74, 6) is -0.395. The molecule has 2 heterocycles. The van der Waals surface area contributed by atoms with Gasteiger partial charge in [-0.05, 0) is 91.0 Å². The predicted molar refractivity (Wildman–Crippen MR) is 158 cm³/mol. The van der Waals surface area contributed by atoms with Crippen LogP contribution in [-0.2, 0) is 26.9 Å². The van der Waals surface area contributed by atoms with Crippen LogP contribution < -0.4 is 5.32 Å². The molecule has 42 heavy (non-hydrogen) atoms. The summed E-state index contributed by atoms with van der Waals surface area (Å²) in [5.41, 5.74) is 1.89. The Morgan fingerprint density at radius 2 is 1.76 bits per heavy atom. The van der Waals surface area contributed by atoms with E-state index >= 15 is 0 Å². The SMILES string of the molecule is CC(C)(C)OC(=O)N1C[C@H](O[Si](C)(C)C(C)(C)C)[C@@H](OC(=O)NCc2cccc(F)c2)[C@H]1Cc1ccc2nonc2c1. The van der Waals surface area contributed by atoms with Gasteiger partial charge in [0.2, 0.25) is 0 Å². The first-order chi connectivity index (χ1) is 19.5. The van der Waals surface area contributed by atoms with Crippen LogP contribution in [0.2, 0.25) is 18.1 Å². The topological polar surface area (TPSA) is 116 Å². The lowest BCUT2D eigenvalue weighted by molar-refractivity contribution is 0.00749. The second kappa shape index (κ2) is 12.0. The van der Waals surface area contributed by atoms with Gasteiger partial charge in [0.1, 0.15) is 28.6 Å². The largest absolute Gasteiger partial charge is 0.444 e. The normalized spacial score (nSPS) is 19.6. The van der Waals surface area contributed by atoms with Gasteiger partial charge in [-0.25, -0.2) is 18.6 Å². The van der Waals surface area contributed by atoms with Crippen LogP contribution >= 0.6 is 0 Å². The molecular formula is C30H41FN4O6Si. The maximum Gasteiger partial charge on any atom is 0.410 e. The maximum atomic E-state index is 13.7. The van der Waals surface area contributed by atoms with E-state index in [-0.39, 0.29) is 18.1 Å². The summed E-state index contributed by atoms with van der Waals surface area (Å²) in [4.78, 5) is 28.3. The van der Waals surface area contributed by atoms with E-state index < -0.39 is 50.2 Å². The highest BCUT2D eigenvalue weighted by molar-refractivity contribution is 6.74. The van der Waals surface area contributed by atoms with Crippen LogP contribution in [-0.4, -0.2) is 66.1 Å². The quantitative estimate of drug-likeness (QED) is 0.318. The van der Waals surface area contributed by atoms with Crippen molar-refractivity contribution in [1.82, 2.24) is 20.5 Å². The van der Waals surface area contributed by atoms with Crippen molar-refractivity contribution in [2.45, 2.75) is 96.5 Å². The summed E-state index contributed by atoms with van der Waals surface area (Å²) in [7, 11) is -2.36. The molecule has 2 aromatic carbocycles. The van der Waals surface area contributed by atoms with E-state index in [1.54, 1.807) is 43.9 Å². The molecule has 3 atom stereocenters. The Morgan fingerprint density at radius 3 is 2.43 bits per heavy atom. The number of fused-ring (bicyclic) bond motifs is 1. The molecule has 0 bridgehead atoms. The Labute approximate surface area is 247 Å². The third kappa shape index (κ3) is 7.65. The zero-order chi connectivity index (χ0) is 30.9. The fourth-order valence-electron chi connectivity index (χ4n) is 4.61. The molecule has 0 spiro atoms. The average Bonchev–Trinajstić information content (AvgIpc) is 3.46. The van der Waals surface area contributed by atoms with Gasteiger partial charge in [0.25, 0.3) is 0 Å². The van der Waals surface area contributed by atoms with Gasteiger partial charge in [-0.1, -0.05) is 39.0 Å². The lowest BCUT2D eigenvalue weighted by Gasteiger charge is -2.39. The molecule has 1 saturated heterocycles. The second-order valence-corrected chi connectivity index (χ2v) is 18.0. The van der Waals surface area contributed by atoms with Crippen LogP contribution in [0.15, 0.2) is 47.1 Å². The summed E-state index contributed by atoms with van der Waals surface area (Å²) >= 11 is 0. The Balaban J connectivity index is 1.66. The molecule has 0 unspecified atom stereocenters. The van der Waals surface area contributed by atoms with Gasteiger partial charge in [-0.2, -0.15) is 0 Å². The average molecular weight is 601 g/mol. The molecule has 1 aliphatic heterocycles. The van der Waals surface area contributed by atoms with Crippen molar-refractivity contribution in [2.75, 3.05) is 6.54 Å². The molecular weight excluding hydrogens is 559 g/mol. The molecule has 228 valence electrons. The summed E-state index contributed by atoms with van der Waals surface area (Å²) in [5, 5.41) is 10.4. The molecule has 1 N–H and O–H groups in total. The predicted octanol–water partition coefficient (Wildman–Crippen LogP) is 6.21. The van der Waals surface area contributed by atoms with Crippen LogP contribution in [0.25, 0.3) is 11.0 Å². The number of hydrogen-bond acceptors (Lipinski definition) is 8. The number of ether oxygens (including phenoxy) is 2. The van der Waals surface area contributed by atoms with Crippen LogP contribution in [0.3, 0.4) is 0 Å². The molecule has 4 rings (SSSR count). The fourth-order valence-corrected chi connectivity index (χ4v) is 5.93. The lowest BCUT2D eigenvalue weighted by atomic mass is 10.0. The third-order valence-corrected chi connectivity index (χ3v) is 12.2. The fraction of sp³-hybridized carbons (Fsp3) is 0.533. The van der Waals surface area contributed by atoms with E-state index in [4.69, 9.17) is 18.5 Å². The van der Waals surface area contributed by atoms with Gasteiger partial charge >= 0.3 is 12.2 Å². The number of benzene rings is 2. The maximum absolute atomic E-state index is 13.7. The van der Waals surface area contributed by atoms with Gasteiger partial charge in [-0.15, -0.1) is 0 Å². The van der Waals surface area contributed by atoms with Gasteiger partial charge in [0.15, 0.2) is 14.4 Å². The molecule has 0 radical (unpaired) electrons. The summed E-state index contributed by atoms with van der Waals surface area (Å²) in [6.45, 7) is 16.3. The number of hydrogen-bond donors (Lipinski definition) is 1. The van der Waals surface area contributed by atoms with Gasteiger partial charge in [0, 0.05) is 6.54 Å². The zero-order valence-corrected chi connectivity index (χ0v) is 26.6. The molecule has 12 heteroatoms. The highest BCUT2D eigenvalue weighted by Crippen LogP contribution is 2.40. The zero-order valence-electron chi connectivity index (χ0n) is 25.6. The standard InChI is InChI=1S/C30H41FN4O6Si/c1-29(2,3)39-28(37)35-18-25(40-42(7,8)30(4,5)6)26(38-27(36)32-17-20-10-9-11-21(31)14-20)24(35)16-19-12-13-22-23(15-19)34-41-33-22/h9-15,24-26H,16-18H2,1-8H3,(H,32,36)/t24-,25+,26+/m1/s1. The van der Waals surface area contributed by atoms with E-state index in [1.807, 2.05) is 12.1 Å². The molecule has 3 aromatic rings. The van der Waals surface area contributed by atoms with Crippen molar-refractivity contribution in [3.05, 3.63) is 59.4 Å². The highest BCUT2D eigenvalue weighted by Gasteiger charge is 2.51. The summed E-state index contributed by atoms with van der Waals surface area (Å²) in [6.07, 6.45) is -2.29. The number of carbonyl (C=O) groups is 2. The van der Waals surface area contributed by atoms with Crippen molar-refractivity contribution in [1.29, 1.82) is 0 Å². The van der Waals surface area contributed by atoms with Crippen LogP contribution in [0.5, 0.6) is 0 Å². The number of aromatic nitrogens is 2. The van der Waals surface area contributed by atoms with Crippen LogP contribution in [0.1, 0.15) is 52.7 Å². The highest BCUT2D eigenvalue weighted by atomic mass is 28.4. The first-order valence-corrected chi connectivity index (χ1v) is 17.0. The first kappa shape index (κ1) is 31.4. The minimum Gasteiger partial charge on any atom is -0.444 e.